The quantitative estimate of drug-likeness (QED) is 0.302. The van der Waals surface area contributed by atoms with Crippen molar-refractivity contribution in [2.24, 2.45) is 10.9 Å². The Morgan fingerprint density at radius 2 is 1.67 bits per heavy atom. The van der Waals surface area contributed by atoms with Crippen molar-refractivity contribution < 1.29 is 0 Å². The van der Waals surface area contributed by atoms with Gasteiger partial charge in [0.25, 0.3) is 0 Å². The van der Waals surface area contributed by atoms with Gasteiger partial charge in [-0.25, -0.2) is 0 Å². The van der Waals surface area contributed by atoms with Crippen molar-refractivity contribution in [1.29, 1.82) is 0 Å². The first kappa shape index (κ1) is 22.0. The van der Waals surface area contributed by atoms with Gasteiger partial charge in [-0.2, -0.15) is 0 Å². The third kappa shape index (κ3) is 6.38. The van der Waals surface area contributed by atoms with E-state index in [0.29, 0.717) is 0 Å². The molecule has 27 heavy (non-hydrogen) atoms. The zero-order valence-corrected chi connectivity index (χ0v) is 19.2. The van der Waals surface area contributed by atoms with Gasteiger partial charge in [-0.15, -0.1) is 24.0 Å². The van der Waals surface area contributed by atoms with Crippen molar-refractivity contribution in [3.63, 3.8) is 0 Å². The molecule has 0 saturated carbocycles. The van der Waals surface area contributed by atoms with Crippen LogP contribution in [0.5, 0.6) is 0 Å². The SMILES string of the molecule is CN=C(NCc1ccc(N2CC=CC2)cc1)N1CCN(CC(C)C)CC1.I. The van der Waals surface area contributed by atoms with Gasteiger partial charge in [-0.3, -0.25) is 9.89 Å². The summed E-state index contributed by atoms with van der Waals surface area (Å²) >= 11 is 0. The molecule has 0 bridgehead atoms. The Morgan fingerprint density at radius 3 is 2.22 bits per heavy atom. The average Bonchev–Trinajstić information content (AvgIpc) is 3.18. The van der Waals surface area contributed by atoms with E-state index in [1.54, 1.807) is 0 Å². The molecule has 5 nitrogen and oxygen atoms in total. The van der Waals surface area contributed by atoms with Crippen LogP contribution in [0.4, 0.5) is 5.69 Å². The molecule has 0 aromatic heterocycles. The molecule has 1 N–H and O–H groups in total. The number of halogens is 1. The lowest BCUT2D eigenvalue weighted by Crippen LogP contribution is -2.52. The van der Waals surface area contributed by atoms with E-state index in [1.165, 1.54) is 17.8 Å². The average molecular weight is 483 g/mol. The summed E-state index contributed by atoms with van der Waals surface area (Å²) in [6.45, 7) is 13.0. The molecule has 0 unspecified atom stereocenters. The molecule has 2 aliphatic rings. The van der Waals surface area contributed by atoms with Gasteiger partial charge < -0.3 is 15.1 Å². The smallest absolute Gasteiger partial charge is 0.194 e. The lowest BCUT2D eigenvalue weighted by Gasteiger charge is -2.37. The molecule has 1 fully saturated rings. The van der Waals surface area contributed by atoms with Crippen molar-refractivity contribution in [3.8, 4) is 0 Å². The Balaban J connectivity index is 0.00000261. The largest absolute Gasteiger partial charge is 0.364 e. The topological polar surface area (TPSA) is 34.1 Å². The maximum atomic E-state index is 4.49. The Labute approximate surface area is 181 Å². The van der Waals surface area contributed by atoms with Crippen LogP contribution in [0.2, 0.25) is 0 Å². The standard InChI is InChI=1S/C21H33N5.HI/c1-18(2)17-24-12-14-26(15-13-24)21(22-3)23-16-19-6-8-20(9-7-19)25-10-4-5-11-25;/h4-9,18H,10-17H2,1-3H3,(H,22,23);1H. The summed E-state index contributed by atoms with van der Waals surface area (Å²) in [7, 11) is 1.88. The molecule has 0 atom stereocenters. The molecular weight excluding hydrogens is 449 g/mol. The third-order valence-corrected chi connectivity index (χ3v) is 5.08. The Morgan fingerprint density at radius 1 is 1.04 bits per heavy atom. The van der Waals surface area contributed by atoms with Gasteiger partial charge in [0.15, 0.2) is 5.96 Å². The fourth-order valence-electron chi connectivity index (χ4n) is 3.69. The van der Waals surface area contributed by atoms with Crippen LogP contribution >= 0.6 is 24.0 Å². The van der Waals surface area contributed by atoms with Crippen LogP contribution in [0.25, 0.3) is 0 Å². The van der Waals surface area contributed by atoms with E-state index in [-0.39, 0.29) is 24.0 Å². The molecule has 2 aliphatic heterocycles. The van der Waals surface area contributed by atoms with Crippen LogP contribution in [0.1, 0.15) is 19.4 Å². The highest BCUT2D eigenvalue weighted by molar-refractivity contribution is 14.0. The molecule has 0 aliphatic carbocycles. The van der Waals surface area contributed by atoms with Gasteiger partial charge >= 0.3 is 0 Å². The normalized spacial score (nSPS) is 18.1. The van der Waals surface area contributed by atoms with Gasteiger partial charge in [0.2, 0.25) is 0 Å². The van der Waals surface area contributed by atoms with E-state index in [2.05, 4.69) is 75.3 Å². The number of nitrogens with one attached hydrogen (secondary N) is 1. The number of rotatable bonds is 5. The van der Waals surface area contributed by atoms with E-state index in [1.807, 2.05) is 7.05 Å². The first-order chi connectivity index (χ1) is 12.7. The molecule has 6 heteroatoms. The van der Waals surface area contributed by atoms with Crippen LogP contribution in [-0.2, 0) is 6.54 Å². The number of benzene rings is 1. The number of guanidine groups is 1. The molecule has 1 aromatic carbocycles. The van der Waals surface area contributed by atoms with Gasteiger partial charge in [0.05, 0.1) is 0 Å². The highest BCUT2D eigenvalue weighted by atomic mass is 127. The van der Waals surface area contributed by atoms with Gasteiger partial charge in [-0.1, -0.05) is 38.1 Å². The van der Waals surface area contributed by atoms with E-state index in [9.17, 15) is 0 Å². The van der Waals surface area contributed by atoms with Crippen LogP contribution in [0, 0.1) is 5.92 Å². The highest BCUT2D eigenvalue weighted by Crippen LogP contribution is 2.17. The second kappa shape index (κ2) is 10.9. The minimum absolute atomic E-state index is 0. The van der Waals surface area contributed by atoms with Gasteiger partial charge in [0.1, 0.15) is 0 Å². The van der Waals surface area contributed by atoms with E-state index in [4.69, 9.17) is 0 Å². The summed E-state index contributed by atoms with van der Waals surface area (Å²) in [4.78, 5) is 11.8. The Bertz CT molecular complexity index is 610. The number of nitrogens with zero attached hydrogens (tertiary/aromatic N) is 4. The van der Waals surface area contributed by atoms with Crippen LogP contribution in [-0.4, -0.2) is 68.6 Å². The molecule has 1 aromatic rings. The van der Waals surface area contributed by atoms with Crippen LogP contribution < -0.4 is 10.2 Å². The van der Waals surface area contributed by atoms with Crippen LogP contribution in [0.3, 0.4) is 0 Å². The van der Waals surface area contributed by atoms with Crippen molar-refractivity contribution in [1.82, 2.24) is 15.1 Å². The molecule has 1 saturated heterocycles. The lowest BCUT2D eigenvalue weighted by atomic mass is 10.2. The summed E-state index contributed by atoms with van der Waals surface area (Å²) in [6, 6.07) is 8.87. The van der Waals surface area contributed by atoms with E-state index >= 15 is 0 Å². The number of anilines is 1. The number of piperazine rings is 1. The first-order valence-electron chi connectivity index (χ1n) is 9.82. The Kier molecular flexibility index (Phi) is 8.89. The molecule has 0 radical (unpaired) electrons. The third-order valence-electron chi connectivity index (χ3n) is 5.08. The molecule has 2 heterocycles. The van der Waals surface area contributed by atoms with E-state index in [0.717, 1.165) is 57.7 Å². The zero-order valence-electron chi connectivity index (χ0n) is 16.9. The molecule has 0 amide bonds. The van der Waals surface area contributed by atoms with Gasteiger partial charge in [-0.05, 0) is 23.6 Å². The summed E-state index contributed by atoms with van der Waals surface area (Å²) < 4.78 is 0. The molecule has 3 rings (SSSR count). The van der Waals surface area contributed by atoms with Crippen molar-refractivity contribution in [2.45, 2.75) is 20.4 Å². The monoisotopic (exact) mass is 483 g/mol. The molecular formula is C21H34IN5. The zero-order chi connectivity index (χ0) is 18.4. The summed E-state index contributed by atoms with van der Waals surface area (Å²) in [6.07, 6.45) is 4.45. The first-order valence-corrected chi connectivity index (χ1v) is 9.82. The van der Waals surface area contributed by atoms with Crippen molar-refractivity contribution >= 4 is 35.6 Å². The maximum Gasteiger partial charge on any atom is 0.194 e. The number of aliphatic imine (C=N–C) groups is 1. The molecule has 0 spiro atoms. The number of hydrogen-bond acceptors (Lipinski definition) is 3. The maximum absolute atomic E-state index is 4.49. The highest BCUT2D eigenvalue weighted by Gasteiger charge is 2.19. The fraction of sp³-hybridized carbons (Fsp3) is 0.571. The molecule has 150 valence electrons. The minimum atomic E-state index is 0. The summed E-state index contributed by atoms with van der Waals surface area (Å²) in [5, 5.41) is 3.53. The lowest BCUT2D eigenvalue weighted by molar-refractivity contribution is 0.164. The number of hydrogen-bond donors (Lipinski definition) is 1. The van der Waals surface area contributed by atoms with Crippen LogP contribution in [0.15, 0.2) is 41.4 Å². The predicted molar refractivity (Wildman–Crippen MR) is 126 cm³/mol. The van der Waals surface area contributed by atoms with Crippen molar-refractivity contribution in [2.75, 3.05) is 57.8 Å². The summed E-state index contributed by atoms with van der Waals surface area (Å²) in [5.41, 5.74) is 2.59. The second-order valence-corrected chi connectivity index (χ2v) is 7.63. The summed E-state index contributed by atoms with van der Waals surface area (Å²) in [5.74, 6) is 1.75. The Hall–Kier alpha value is -1.28. The predicted octanol–water partition coefficient (Wildman–Crippen LogP) is 3.03. The fourth-order valence-corrected chi connectivity index (χ4v) is 3.69. The minimum Gasteiger partial charge on any atom is -0.364 e. The second-order valence-electron chi connectivity index (χ2n) is 7.63. The van der Waals surface area contributed by atoms with Gasteiger partial charge in [0, 0.05) is 65.1 Å². The van der Waals surface area contributed by atoms with E-state index < -0.39 is 0 Å². The van der Waals surface area contributed by atoms with Crippen molar-refractivity contribution in [3.05, 3.63) is 42.0 Å².